The van der Waals surface area contributed by atoms with Gasteiger partial charge in [-0.2, -0.15) is 0 Å². The molecule has 1 saturated carbocycles. The van der Waals surface area contributed by atoms with E-state index in [0.717, 1.165) is 45.0 Å². The Morgan fingerprint density at radius 3 is 2.54 bits per heavy atom. The van der Waals surface area contributed by atoms with Gasteiger partial charge in [0, 0.05) is 32.7 Å². The Morgan fingerprint density at radius 2 is 1.83 bits per heavy atom. The summed E-state index contributed by atoms with van der Waals surface area (Å²) in [7, 11) is 0. The Balaban J connectivity index is 1.28. The zero-order valence-corrected chi connectivity index (χ0v) is 14.4. The van der Waals surface area contributed by atoms with E-state index in [-0.39, 0.29) is 0 Å². The van der Waals surface area contributed by atoms with Crippen LogP contribution in [-0.4, -0.2) is 62.7 Å². The van der Waals surface area contributed by atoms with Gasteiger partial charge in [-0.25, -0.2) is 4.68 Å². The van der Waals surface area contributed by atoms with Gasteiger partial charge < -0.3 is 4.90 Å². The Hall–Kier alpha value is -1.79. The van der Waals surface area contributed by atoms with Crippen molar-refractivity contribution in [2.24, 2.45) is 0 Å². The number of piperazine rings is 1. The molecule has 2 aliphatic rings. The van der Waals surface area contributed by atoms with Crippen LogP contribution in [-0.2, 0) is 6.42 Å². The summed E-state index contributed by atoms with van der Waals surface area (Å²) in [6.07, 6.45) is 3.58. The van der Waals surface area contributed by atoms with Gasteiger partial charge in [-0.1, -0.05) is 30.3 Å². The Bertz CT molecular complexity index is 643. The van der Waals surface area contributed by atoms with Crippen molar-refractivity contribution in [2.75, 3.05) is 32.7 Å². The average molecular weight is 326 g/mol. The molecule has 1 aromatic carbocycles. The van der Waals surface area contributed by atoms with Crippen LogP contribution < -0.4 is 0 Å². The van der Waals surface area contributed by atoms with Crippen molar-refractivity contribution in [3.63, 3.8) is 0 Å². The molecule has 0 spiro atoms. The van der Waals surface area contributed by atoms with Gasteiger partial charge in [0.2, 0.25) is 0 Å². The van der Waals surface area contributed by atoms with Gasteiger partial charge in [-0.15, -0.1) is 5.10 Å². The van der Waals surface area contributed by atoms with Crippen molar-refractivity contribution in [3.8, 4) is 0 Å². The molecule has 1 aromatic heterocycles. The van der Waals surface area contributed by atoms with Gasteiger partial charge in [0.05, 0.1) is 12.1 Å². The maximum atomic E-state index is 4.29. The van der Waals surface area contributed by atoms with Gasteiger partial charge in [0.25, 0.3) is 0 Å². The second-order valence-corrected chi connectivity index (χ2v) is 7.00. The average Bonchev–Trinajstić information content (AvgIpc) is 3.37. The largest absolute Gasteiger partial charge is 0.300 e. The van der Waals surface area contributed by atoms with E-state index >= 15 is 0 Å². The molecule has 0 N–H and O–H groups in total. The lowest BCUT2D eigenvalue weighted by Gasteiger charge is -2.37. The molecule has 24 heavy (non-hydrogen) atoms. The molecule has 0 amide bonds. The van der Waals surface area contributed by atoms with Crippen LogP contribution in [0.4, 0.5) is 0 Å². The number of tetrazole rings is 1. The molecule has 0 bridgehead atoms. The number of hydrogen-bond donors (Lipinski definition) is 0. The highest BCUT2D eigenvalue weighted by Gasteiger charge is 2.32. The van der Waals surface area contributed by atoms with Crippen molar-refractivity contribution in [2.45, 2.75) is 38.3 Å². The Morgan fingerprint density at radius 1 is 1.08 bits per heavy atom. The normalized spacial score (nSPS) is 21.0. The molecule has 1 aliphatic carbocycles. The molecule has 4 rings (SSSR count). The standard InChI is InChI=1S/C18H26N6/c1-15(18-19-20-21-24(18)17-7-8-17)23-13-11-22(12-14-23)10-9-16-5-3-2-4-6-16/h2-6,15,17H,7-14H2,1H3. The van der Waals surface area contributed by atoms with Crippen LogP contribution in [0.5, 0.6) is 0 Å². The van der Waals surface area contributed by atoms with Crippen molar-refractivity contribution in [1.29, 1.82) is 0 Å². The summed E-state index contributed by atoms with van der Waals surface area (Å²) in [6, 6.07) is 11.6. The summed E-state index contributed by atoms with van der Waals surface area (Å²) in [5, 5.41) is 12.4. The summed E-state index contributed by atoms with van der Waals surface area (Å²) in [5.74, 6) is 1.04. The van der Waals surface area contributed by atoms with Crippen molar-refractivity contribution in [1.82, 2.24) is 30.0 Å². The third kappa shape index (κ3) is 3.49. The fourth-order valence-electron chi connectivity index (χ4n) is 3.52. The fourth-order valence-corrected chi connectivity index (χ4v) is 3.52. The van der Waals surface area contributed by atoms with Crippen molar-refractivity contribution >= 4 is 0 Å². The first-order chi connectivity index (χ1) is 11.8. The highest BCUT2D eigenvalue weighted by atomic mass is 15.6. The summed E-state index contributed by atoms with van der Waals surface area (Å²) in [6.45, 7) is 7.82. The van der Waals surface area contributed by atoms with Crippen molar-refractivity contribution in [3.05, 3.63) is 41.7 Å². The first kappa shape index (κ1) is 15.7. The topological polar surface area (TPSA) is 50.1 Å². The van der Waals surface area contributed by atoms with Crippen LogP contribution in [0, 0.1) is 0 Å². The lowest BCUT2D eigenvalue weighted by atomic mass is 10.1. The van der Waals surface area contributed by atoms with Crippen LogP contribution in [0.2, 0.25) is 0 Å². The first-order valence-electron chi connectivity index (χ1n) is 9.09. The zero-order chi connectivity index (χ0) is 16.4. The van der Waals surface area contributed by atoms with E-state index in [1.165, 1.54) is 18.4 Å². The number of hydrogen-bond acceptors (Lipinski definition) is 5. The van der Waals surface area contributed by atoms with E-state index < -0.39 is 0 Å². The van der Waals surface area contributed by atoms with Gasteiger partial charge in [-0.3, -0.25) is 4.90 Å². The van der Waals surface area contributed by atoms with Crippen LogP contribution in [0.1, 0.15) is 43.2 Å². The number of rotatable bonds is 6. The summed E-state index contributed by atoms with van der Waals surface area (Å²) in [4.78, 5) is 5.09. The smallest absolute Gasteiger partial charge is 0.168 e. The van der Waals surface area contributed by atoms with E-state index in [4.69, 9.17) is 0 Å². The van der Waals surface area contributed by atoms with E-state index in [1.54, 1.807) is 0 Å². The maximum absolute atomic E-state index is 4.29. The second kappa shape index (κ2) is 6.99. The zero-order valence-electron chi connectivity index (χ0n) is 14.4. The van der Waals surface area contributed by atoms with Crippen molar-refractivity contribution < 1.29 is 0 Å². The molecule has 1 saturated heterocycles. The Kier molecular flexibility index (Phi) is 4.58. The molecule has 2 aromatic rings. The second-order valence-electron chi connectivity index (χ2n) is 7.00. The van der Waals surface area contributed by atoms with Gasteiger partial charge in [0.1, 0.15) is 0 Å². The SMILES string of the molecule is CC(c1nnnn1C1CC1)N1CCN(CCc2ccccc2)CC1. The van der Waals surface area contributed by atoms with Crippen LogP contribution >= 0.6 is 0 Å². The Labute approximate surface area is 143 Å². The molecular formula is C18H26N6. The van der Waals surface area contributed by atoms with Crippen LogP contribution in [0.25, 0.3) is 0 Å². The molecule has 1 atom stereocenters. The lowest BCUT2D eigenvalue weighted by Crippen LogP contribution is -2.48. The molecule has 1 aliphatic heterocycles. The number of aromatic nitrogens is 4. The molecule has 2 fully saturated rings. The fraction of sp³-hybridized carbons (Fsp3) is 0.611. The van der Waals surface area contributed by atoms with Gasteiger partial charge in [-0.05, 0) is 42.2 Å². The third-order valence-electron chi connectivity index (χ3n) is 5.30. The third-order valence-corrected chi connectivity index (χ3v) is 5.30. The summed E-state index contributed by atoms with van der Waals surface area (Å²) >= 11 is 0. The minimum absolute atomic E-state index is 0.303. The van der Waals surface area contributed by atoms with E-state index in [1.807, 2.05) is 4.68 Å². The van der Waals surface area contributed by atoms with E-state index in [9.17, 15) is 0 Å². The molecule has 6 nitrogen and oxygen atoms in total. The molecular weight excluding hydrogens is 300 g/mol. The molecule has 2 heterocycles. The molecule has 0 radical (unpaired) electrons. The summed E-state index contributed by atoms with van der Waals surface area (Å²) < 4.78 is 2.05. The van der Waals surface area contributed by atoms with Gasteiger partial charge >= 0.3 is 0 Å². The lowest BCUT2D eigenvalue weighted by molar-refractivity contribution is 0.0978. The van der Waals surface area contributed by atoms with Crippen LogP contribution in [0.3, 0.4) is 0 Å². The number of benzene rings is 1. The van der Waals surface area contributed by atoms with E-state index in [2.05, 4.69) is 62.6 Å². The monoisotopic (exact) mass is 326 g/mol. The predicted octanol–water partition coefficient (Wildman–Crippen LogP) is 1.93. The minimum Gasteiger partial charge on any atom is -0.300 e. The maximum Gasteiger partial charge on any atom is 0.168 e. The first-order valence-corrected chi connectivity index (χ1v) is 9.09. The summed E-state index contributed by atoms with van der Waals surface area (Å²) in [5.41, 5.74) is 1.43. The molecule has 128 valence electrons. The van der Waals surface area contributed by atoms with Gasteiger partial charge in [0.15, 0.2) is 5.82 Å². The van der Waals surface area contributed by atoms with Crippen LogP contribution in [0.15, 0.2) is 30.3 Å². The highest BCUT2D eigenvalue weighted by molar-refractivity contribution is 5.14. The number of nitrogens with zero attached hydrogens (tertiary/aromatic N) is 6. The minimum atomic E-state index is 0.303. The molecule has 1 unspecified atom stereocenters. The quantitative estimate of drug-likeness (QED) is 0.812. The highest BCUT2D eigenvalue weighted by Crippen LogP contribution is 2.36. The predicted molar refractivity (Wildman–Crippen MR) is 92.7 cm³/mol. The molecule has 6 heteroatoms. The van der Waals surface area contributed by atoms with E-state index in [0.29, 0.717) is 12.1 Å².